The Morgan fingerprint density at radius 1 is 1.29 bits per heavy atom. The molecule has 7 heteroatoms. The average Bonchev–Trinajstić information content (AvgIpc) is 2.99. The summed E-state index contributed by atoms with van der Waals surface area (Å²) in [6.07, 6.45) is 3.16. The van der Waals surface area contributed by atoms with Crippen molar-refractivity contribution in [1.82, 2.24) is 9.97 Å². The molecule has 3 heterocycles. The first-order valence-corrected chi connectivity index (χ1v) is 9.46. The fourth-order valence-electron chi connectivity index (χ4n) is 3.70. The molecule has 4 rings (SSSR count). The third-order valence-corrected chi connectivity index (χ3v) is 5.48. The van der Waals surface area contributed by atoms with Gasteiger partial charge in [-0.1, -0.05) is 6.07 Å². The van der Waals surface area contributed by atoms with Crippen molar-refractivity contribution in [3.05, 3.63) is 47.2 Å². The maximum absolute atomic E-state index is 13.8. The van der Waals surface area contributed by atoms with Crippen molar-refractivity contribution in [2.75, 3.05) is 23.3 Å². The summed E-state index contributed by atoms with van der Waals surface area (Å²) in [5.74, 6) is 1.01. The van der Waals surface area contributed by atoms with E-state index in [2.05, 4.69) is 20.2 Å². The fourth-order valence-corrected chi connectivity index (χ4v) is 3.70. The van der Waals surface area contributed by atoms with Crippen molar-refractivity contribution in [3.63, 3.8) is 0 Å². The lowest BCUT2D eigenvalue weighted by Crippen LogP contribution is -2.41. The van der Waals surface area contributed by atoms with E-state index in [1.54, 1.807) is 19.1 Å². The monoisotopic (exact) mass is 382 g/mol. The number of halogens is 1. The molecule has 1 saturated heterocycles. The van der Waals surface area contributed by atoms with E-state index in [-0.39, 0.29) is 17.6 Å². The molecule has 2 aromatic heterocycles. The molecule has 1 fully saturated rings. The summed E-state index contributed by atoms with van der Waals surface area (Å²) in [7, 11) is 0. The van der Waals surface area contributed by atoms with Crippen LogP contribution in [-0.4, -0.2) is 29.0 Å². The van der Waals surface area contributed by atoms with Crippen LogP contribution in [0.2, 0.25) is 0 Å². The molecule has 3 aromatic rings. The van der Waals surface area contributed by atoms with Crippen LogP contribution in [0.3, 0.4) is 0 Å². The van der Waals surface area contributed by atoms with Gasteiger partial charge in [0.15, 0.2) is 0 Å². The number of nitrogens with one attached hydrogen (secondary N) is 1. The Bertz CT molecular complexity index is 1050. The van der Waals surface area contributed by atoms with Gasteiger partial charge in [0, 0.05) is 24.3 Å². The van der Waals surface area contributed by atoms with Crippen LogP contribution in [0.5, 0.6) is 0 Å². The average molecular weight is 382 g/mol. The first-order chi connectivity index (χ1) is 13.4. The van der Waals surface area contributed by atoms with E-state index < -0.39 is 0 Å². The third kappa shape index (κ3) is 3.32. The summed E-state index contributed by atoms with van der Waals surface area (Å²) in [6, 6.07) is 4.75. The Balaban J connectivity index is 1.55. The lowest BCUT2D eigenvalue weighted by molar-refractivity contribution is -0.120. The summed E-state index contributed by atoms with van der Waals surface area (Å²) in [5.41, 5.74) is 2.63. The van der Waals surface area contributed by atoms with E-state index in [9.17, 15) is 9.18 Å². The van der Waals surface area contributed by atoms with Crippen LogP contribution in [0.1, 0.15) is 29.7 Å². The minimum absolute atomic E-state index is 0.0988. The number of piperidine rings is 1. The highest BCUT2D eigenvalue weighted by atomic mass is 19.1. The smallest absolute Gasteiger partial charge is 0.231 e. The summed E-state index contributed by atoms with van der Waals surface area (Å²) >= 11 is 0. The highest BCUT2D eigenvalue weighted by Gasteiger charge is 2.28. The van der Waals surface area contributed by atoms with E-state index in [1.807, 2.05) is 13.8 Å². The zero-order chi connectivity index (χ0) is 19.8. The molecule has 1 aromatic carbocycles. The number of rotatable bonds is 3. The van der Waals surface area contributed by atoms with E-state index in [0.29, 0.717) is 23.5 Å². The predicted octanol–water partition coefficient (Wildman–Crippen LogP) is 4.14. The van der Waals surface area contributed by atoms with E-state index in [4.69, 9.17) is 4.42 Å². The highest BCUT2D eigenvalue weighted by Crippen LogP contribution is 2.32. The van der Waals surface area contributed by atoms with Crippen molar-refractivity contribution < 1.29 is 13.6 Å². The van der Waals surface area contributed by atoms with Crippen molar-refractivity contribution >= 4 is 28.5 Å². The molecule has 0 spiro atoms. The summed E-state index contributed by atoms with van der Waals surface area (Å²) in [6.45, 7) is 6.97. The number of aromatic nitrogens is 2. The molecule has 28 heavy (non-hydrogen) atoms. The molecule has 6 nitrogen and oxygen atoms in total. The summed E-state index contributed by atoms with van der Waals surface area (Å²) in [4.78, 5) is 23.6. The number of amides is 1. The number of hydrogen-bond donors (Lipinski definition) is 1. The van der Waals surface area contributed by atoms with Crippen molar-refractivity contribution in [2.24, 2.45) is 5.92 Å². The third-order valence-electron chi connectivity index (χ3n) is 5.48. The largest absolute Gasteiger partial charge is 0.443 e. The Morgan fingerprint density at radius 3 is 2.89 bits per heavy atom. The topological polar surface area (TPSA) is 71.3 Å². The van der Waals surface area contributed by atoms with Crippen LogP contribution in [0, 0.1) is 32.5 Å². The standard InChI is InChI=1S/C21H23FN4O2/c1-12-6-7-16(9-17(12)22)25-20(27)15-5-4-8-26(10-15)19-18-13(2)14(3)28-21(18)24-11-23-19/h6-7,9,11,15H,4-5,8,10H2,1-3H3,(H,25,27). The minimum atomic E-state index is -0.322. The second-order valence-corrected chi connectivity index (χ2v) is 7.40. The van der Waals surface area contributed by atoms with E-state index in [0.717, 1.165) is 41.9 Å². The van der Waals surface area contributed by atoms with Crippen molar-refractivity contribution in [2.45, 2.75) is 33.6 Å². The van der Waals surface area contributed by atoms with Crippen LogP contribution in [0.4, 0.5) is 15.9 Å². The van der Waals surface area contributed by atoms with Gasteiger partial charge in [-0.25, -0.2) is 14.4 Å². The van der Waals surface area contributed by atoms with Crippen molar-refractivity contribution in [3.8, 4) is 0 Å². The molecular weight excluding hydrogens is 359 g/mol. The molecule has 0 bridgehead atoms. The number of benzene rings is 1. The zero-order valence-corrected chi connectivity index (χ0v) is 16.3. The Morgan fingerprint density at radius 2 is 2.11 bits per heavy atom. The lowest BCUT2D eigenvalue weighted by Gasteiger charge is -2.33. The molecule has 1 aliphatic heterocycles. The predicted molar refractivity (Wildman–Crippen MR) is 106 cm³/mol. The van der Waals surface area contributed by atoms with Crippen LogP contribution < -0.4 is 10.2 Å². The first-order valence-electron chi connectivity index (χ1n) is 9.46. The van der Waals surface area contributed by atoms with Gasteiger partial charge in [0.25, 0.3) is 0 Å². The summed E-state index contributed by atoms with van der Waals surface area (Å²) in [5, 5.41) is 3.75. The normalized spacial score (nSPS) is 17.1. The van der Waals surface area contributed by atoms with Gasteiger partial charge in [-0.3, -0.25) is 4.79 Å². The Hall–Kier alpha value is -2.96. The number of aryl methyl sites for hydroxylation is 3. The molecule has 0 radical (unpaired) electrons. The molecule has 1 atom stereocenters. The van der Waals surface area contributed by atoms with Gasteiger partial charge >= 0.3 is 0 Å². The second-order valence-electron chi connectivity index (χ2n) is 7.40. The number of carbonyl (C=O) groups is 1. The molecule has 146 valence electrons. The number of nitrogens with zero attached hydrogens (tertiary/aromatic N) is 3. The van der Waals surface area contributed by atoms with E-state index >= 15 is 0 Å². The molecule has 1 aliphatic rings. The van der Waals surface area contributed by atoms with Gasteiger partial charge in [-0.15, -0.1) is 0 Å². The SMILES string of the molecule is Cc1ccc(NC(=O)C2CCCN(c3ncnc4oc(C)c(C)c34)C2)cc1F. The fraction of sp³-hybridized carbons (Fsp3) is 0.381. The highest BCUT2D eigenvalue weighted by molar-refractivity contribution is 5.94. The minimum Gasteiger partial charge on any atom is -0.443 e. The van der Waals surface area contributed by atoms with Gasteiger partial charge in [0.2, 0.25) is 11.6 Å². The van der Waals surface area contributed by atoms with Crippen molar-refractivity contribution in [1.29, 1.82) is 0 Å². The van der Waals surface area contributed by atoms with Gasteiger partial charge in [-0.05, 0) is 51.3 Å². The number of hydrogen-bond acceptors (Lipinski definition) is 5. The molecule has 1 amide bonds. The zero-order valence-electron chi connectivity index (χ0n) is 16.3. The number of carbonyl (C=O) groups excluding carboxylic acids is 1. The second kappa shape index (κ2) is 7.22. The van der Waals surface area contributed by atoms with Crippen LogP contribution >= 0.6 is 0 Å². The van der Waals surface area contributed by atoms with E-state index in [1.165, 1.54) is 12.4 Å². The van der Waals surface area contributed by atoms with Crippen LogP contribution in [0.25, 0.3) is 11.1 Å². The maximum Gasteiger partial charge on any atom is 0.231 e. The molecule has 1 unspecified atom stereocenters. The maximum atomic E-state index is 13.8. The molecule has 0 saturated carbocycles. The number of anilines is 2. The Kier molecular flexibility index (Phi) is 4.75. The van der Waals surface area contributed by atoms with Crippen LogP contribution in [-0.2, 0) is 4.79 Å². The van der Waals surface area contributed by atoms with Gasteiger partial charge in [-0.2, -0.15) is 0 Å². The molecule has 1 N–H and O–H groups in total. The number of furan rings is 1. The Labute approximate surface area is 162 Å². The number of fused-ring (bicyclic) bond motifs is 1. The molecule has 0 aliphatic carbocycles. The van der Waals surface area contributed by atoms with Gasteiger partial charge in [0.1, 0.15) is 23.7 Å². The lowest BCUT2D eigenvalue weighted by atomic mass is 9.96. The summed E-state index contributed by atoms with van der Waals surface area (Å²) < 4.78 is 19.5. The quantitative estimate of drug-likeness (QED) is 0.737. The van der Waals surface area contributed by atoms with Gasteiger partial charge in [0.05, 0.1) is 11.3 Å². The van der Waals surface area contributed by atoms with Crippen LogP contribution in [0.15, 0.2) is 28.9 Å². The molecular formula is C21H23FN4O2. The first kappa shape index (κ1) is 18.4. The van der Waals surface area contributed by atoms with Gasteiger partial charge < -0.3 is 14.6 Å².